The van der Waals surface area contributed by atoms with Gasteiger partial charge < -0.3 is 10.6 Å². The quantitative estimate of drug-likeness (QED) is 0.129. The predicted octanol–water partition coefficient (Wildman–Crippen LogP) is 4.92. The number of nitrogens with one attached hydrogen (secondary N) is 3. The van der Waals surface area contributed by atoms with Crippen molar-refractivity contribution in [1.82, 2.24) is 16.0 Å². The van der Waals surface area contributed by atoms with E-state index in [0.29, 0.717) is 12.8 Å². The van der Waals surface area contributed by atoms with E-state index in [1.54, 1.807) is 22.6 Å². The van der Waals surface area contributed by atoms with E-state index in [1.807, 2.05) is 109 Å². The molecule has 2 amide bonds. The summed E-state index contributed by atoms with van der Waals surface area (Å²) >= 11 is 1.69. The second-order valence-corrected chi connectivity index (χ2v) is 11.4. The van der Waals surface area contributed by atoms with Crippen molar-refractivity contribution < 1.29 is 19.2 Å². The van der Waals surface area contributed by atoms with E-state index in [4.69, 9.17) is 0 Å². The van der Waals surface area contributed by atoms with E-state index in [1.165, 1.54) is 6.92 Å². The monoisotopic (exact) mass is 687 g/mol. The molecule has 3 N–H and O–H groups in total. The summed E-state index contributed by atoms with van der Waals surface area (Å²) in [5, 5.41) is 8.31. The third-order valence-corrected chi connectivity index (χ3v) is 7.76. The molecule has 4 rings (SSSR count). The van der Waals surface area contributed by atoms with Crippen molar-refractivity contribution in [2.24, 2.45) is 0 Å². The molecular formula is C35H34IN3O4. The summed E-state index contributed by atoms with van der Waals surface area (Å²) in [4.78, 5) is 49.6. The Labute approximate surface area is 265 Å². The number of hydrogen-bond acceptors (Lipinski definition) is 5. The van der Waals surface area contributed by atoms with Crippen LogP contribution in [0.1, 0.15) is 18.1 Å². The second-order valence-electron chi connectivity index (χ2n) is 10.3. The lowest BCUT2D eigenvalue weighted by atomic mass is 9.99. The Balaban J connectivity index is 1.22. The van der Waals surface area contributed by atoms with E-state index < -0.39 is 23.9 Å². The van der Waals surface area contributed by atoms with E-state index >= 15 is 0 Å². The fraction of sp³-hybridized carbons (Fsp3) is 0.200. The Kier molecular flexibility index (Phi) is 11.8. The van der Waals surface area contributed by atoms with Crippen LogP contribution in [-0.2, 0) is 32.0 Å². The van der Waals surface area contributed by atoms with Crippen molar-refractivity contribution >= 4 is 44.0 Å². The third-order valence-electron chi connectivity index (χ3n) is 7.01. The molecule has 4 aromatic rings. The first-order valence-corrected chi connectivity index (χ1v) is 15.1. The SMILES string of the molecule is CC(=O)C(Cc1ccc(-c2ccccc2)cc1)NC(=O)CNCC(=O)NC(Cc1ccc(-c2ccccc2)cc1)C(=O)I. The molecule has 0 saturated carbocycles. The lowest BCUT2D eigenvalue weighted by molar-refractivity contribution is -0.126. The normalized spacial score (nSPS) is 12.1. The molecule has 0 radical (unpaired) electrons. The zero-order valence-corrected chi connectivity index (χ0v) is 26.0. The van der Waals surface area contributed by atoms with Gasteiger partial charge in [-0.3, -0.25) is 24.5 Å². The molecule has 0 aliphatic carbocycles. The molecule has 8 heteroatoms. The minimum absolute atomic E-state index is 0.145. The summed E-state index contributed by atoms with van der Waals surface area (Å²) in [7, 11) is 0. The van der Waals surface area contributed by atoms with Gasteiger partial charge in [-0.05, 0) is 46.7 Å². The standard InChI is InChI=1S/C35H34IN3O4/c1-24(40)31(20-25-12-16-29(17-13-25)27-8-4-2-5-9-27)38-33(41)22-37-23-34(42)39-32(35(36)43)21-26-14-18-30(19-15-26)28-10-6-3-7-11-28/h2-19,31-32,37H,20-23H2,1H3,(H,38,41)(H,39,42). The van der Waals surface area contributed by atoms with Crippen molar-refractivity contribution in [3.8, 4) is 22.3 Å². The van der Waals surface area contributed by atoms with Crippen molar-refractivity contribution in [1.29, 1.82) is 0 Å². The van der Waals surface area contributed by atoms with Crippen LogP contribution in [0, 0.1) is 0 Å². The molecular weight excluding hydrogens is 653 g/mol. The fourth-order valence-corrected chi connectivity index (χ4v) is 5.04. The minimum Gasteiger partial charge on any atom is -0.345 e. The third kappa shape index (κ3) is 9.97. The lowest BCUT2D eigenvalue weighted by Crippen LogP contribution is -2.48. The Morgan fingerprint density at radius 3 is 1.33 bits per heavy atom. The summed E-state index contributed by atoms with van der Waals surface area (Å²) in [5.74, 6) is -0.947. The van der Waals surface area contributed by atoms with Gasteiger partial charge in [-0.15, -0.1) is 0 Å². The number of hydrogen-bond donors (Lipinski definition) is 3. The van der Waals surface area contributed by atoms with Gasteiger partial charge in [0, 0.05) is 29.0 Å². The summed E-state index contributed by atoms with van der Waals surface area (Å²) in [5.41, 5.74) is 6.20. The molecule has 0 spiro atoms. The van der Waals surface area contributed by atoms with E-state index in [0.717, 1.165) is 33.4 Å². The van der Waals surface area contributed by atoms with Crippen LogP contribution in [0.4, 0.5) is 0 Å². The van der Waals surface area contributed by atoms with Gasteiger partial charge in [-0.25, -0.2) is 0 Å². The summed E-state index contributed by atoms with van der Waals surface area (Å²) < 4.78 is -0.183. The topological polar surface area (TPSA) is 104 Å². The average Bonchev–Trinajstić information content (AvgIpc) is 3.02. The Hall–Kier alpha value is -4.15. The maximum Gasteiger partial charge on any atom is 0.234 e. The number of Topliss-reactive ketones (excluding diaryl/α,β-unsaturated/α-hetero) is 1. The van der Waals surface area contributed by atoms with Gasteiger partial charge in [-0.2, -0.15) is 0 Å². The highest BCUT2D eigenvalue weighted by molar-refractivity contribution is 14.1. The van der Waals surface area contributed by atoms with Crippen LogP contribution in [0.2, 0.25) is 0 Å². The van der Waals surface area contributed by atoms with Crippen molar-refractivity contribution in [2.45, 2.75) is 31.8 Å². The van der Waals surface area contributed by atoms with Crippen molar-refractivity contribution in [3.63, 3.8) is 0 Å². The zero-order chi connectivity index (χ0) is 30.6. The number of carbonyl (C=O) groups is 4. The van der Waals surface area contributed by atoms with Crippen LogP contribution in [-0.4, -0.2) is 46.6 Å². The highest BCUT2D eigenvalue weighted by Crippen LogP contribution is 2.21. The largest absolute Gasteiger partial charge is 0.345 e. The molecule has 0 aromatic heterocycles. The summed E-state index contributed by atoms with van der Waals surface area (Å²) in [6.07, 6.45) is 0.720. The Morgan fingerprint density at radius 2 is 0.930 bits per heavy atom. The van der Waals surface area contributed by atoms with Crippen LogP contribution < -0.4 is 16.0 Å². The van der Waals surface area contributed by atoms with Gasteiger partial charge in [0.25, 0.3) is 0 Å². The molecule has 4 aromatic carbocycles. The number of rotatable bonds is 14. The number of carbonyl (C=O) groups excluding carboxylic acids is 4. The number of benzene rings is 4. The van der Waals surface area contributed by atoms with Gasteiger partial charge in [0.1, 0.15) is 6.04 Å². The van der Waals surface area contributed by atoms with Gasteiger partial charge in [0.15, 0.2) is 5.78 Å². The van der Waals surface area contributed by atoms with Crippen LogP contribution >= 0.6 is 22.6 Å². The molecule has 220 valence electrons. The molecule has 7 nitrogen and oxygen atoms in total. The second kappa shape index (κ2) is 15.9. The Bertz CT molecular complexity index is 1410. The molecule has 2 atom stereocenters. The molecule has 0 heterocycles. The van der Waals surface area contributed by atoms with Crippen LogP contribution in [0.15, 0.2) is 109 Å². The van der Waals surface area contributed by atoms with Gasteiger partial charge in [0.2, 0.25) is 15.6 Å². The molecule has 0 aliphatic heterocycles. The predicted molar refractivity (Wildman–Crippen MR) is 178 cm³/mol. The van der Waals surface area contributed by atoms with E-state index in [-0.39, 0.29) is 22.7 Å². The van der Waals surface area contributed by atoms with Crippen LogP contribution in [0.5, 0.6) is 0 Å². The molecule has 0 bridgehead atoms. The maximum atomic E-state index is 12.6. The number of amides is 2. The Morgan fingerprint density at radius 1 is 0.558 bits per heavy atom. The first kappa shape index (κ1) is 31.8. The molecule has 0 fully saturated rings. The molecule has 0 saturated heterocycles. The van der Waals surface area contributed by atoms with Crippen LogP contribution in [0.3, 0.4) is 0 Å². The first-order valence-electron chi connectivity index (χ1n) is 14.1. The highest BCUT2D eigenvalue weighted by atomic mass is 127. The first-order chi connectivity index (χ1) is 20.8. The summed E-state index contributed by atoms with van der Waals surface area (Å²) in [6, 6.07) is 34.4. The molecule has 2 unspecified atom stereocenters. The van der Waals surface area contributed by atoms with Gasteiger partial charge in [0.05, 0.1) is 19.1 Å². The maximum absolute atomic E-state index is 12.6. The lowest BCUT2D eigenvalue weighted by Gasteiger charge is -2.17. The minimum atomic E-state index is -0.693. The number of halogens is 1. The van der Waals surface area contributed by atoms with E-state index in [2.05, 4.69) is 16.0 Å². The molecule has 43 heavy (non-hydrogen) atoms. The van der Waals surface area contributed by atoms with Crippen LogP contribution in [0.25, 0.3) is 22.3 Å². The summed E-state index contributed by atoms with van der Waals surface area (Å²) in [6.45, 7) is 1.15. The average molecular weight is 688 g/mol. The highest BCUT2D eigenvalue weighted by Gasteiger charge is 2.20. The van der Waals surface area contributed by atoms with Gasteiger partial charge >= 0.3 is 0 Å². The fourth-order valence-electron chi connectivity index (χ4n) is 4.66. The molecule has 0 aliphatic rings. The zero-order valence-electron chi connectivity index (χ0n) is 23.9. The van der Waals surface area contributed by atoms with Gasteiger partial charge in [-0.1, -0.05) is 109 Å². The smallest absolute Gasteiger partial charge is 0.234 e. The van der Waals surface area contributed by atoms with E-state index in [9.17, 15) is 19.2 Å². The van der Waals surface area contributed by atoms with Crippen molar-refractivity contribution in [2.75, 3.05) is 13.1 Å². The van der Waals surface area contributed by atoms with Crippen molar-refractivity contribution in [3.05, 3.63) is 120 Å². The number of ketones is 1.